The number of hydrogen-bond acceptors (Lipinski definition) is 7. The van der Waals surface area contributed by atoms with E-state index in [4.69, 9.17) is 5.84 Å². The first-order valence-corrected chi connectivity index (χ1v) is 7.56. The average molecular weight is 277 g/mol. The average Bonchev–Trinajstić information content (AvgIpc) is 2.46. The number of piperidine rings is 1. The molecule has 7 heteroatoms. The van der Waals surface area contributed by atoms with Crippen LogP contribution in [-0.4, -0.2) is 34.6 Å². The smallest absolute Gasteiger partial charge is 0.243 e. The summed E-state index contributed by atoms with van der Waals surface area (Å²) < 4.78 is 0. The van der Waals surface area contributed by atoms with Gasteiger partial charge < -0.3 is 10.2 Å². The van der Waals surface area contributed by atoms with Gasteiger partial charge in [0.25, 0.3) is 0 Å². The molecular formula is C13H23N7. The van der Waals surface area contributed by atoms with E-state index in [1.54, 1.807) is 0 Å². The second kappa shape index (κ2) is 6.21. The van der Waals surface area contributed by atoms with Gasteiger partial charge in [0.2, 0.25) is 17.8 Å². The lowest BCUT2D eigenvalue weighted by atomic mass is 9.85. The Labute approximate surface area is 119 Å². The zero-order valence-corrected chi connectivity index (χ0v) is 11.8. The molecule has 1 saturated heterocycles. The van der Waals surface area contributed by atoms with Gasteiger partial charge in [-0.05, 0) is 38.0 Å². The largest absolute Gasteiger partial charge is 0.354 e. The number of nitrogens with zero attached hydrogens (tertiary/aromatic N) is 4. The highest BCUT2D eigenvalue weighted by Gasteiger charge is 2.19. The first-order chi connectivity index (χ1) is 9.85. The Morgan fingerprint density at radius 1 is 1.00 bits per heavy atom. The van der Waals surface area contributed by atoms with Crippen LogP contribution < -0.4 is 21.5 Å². The van der Waals surface area contributed by atoms with Crippen molar-refractivity contribution in [2.75, 3.05) is 35.3 Å². The molecule has 4 N–H and O–H groups in total. The molecule has 0 spiro atoms. The zero-order valence-electron chi connectivity index (χ0n) is 11.8. The van der Waals surface area contributed by atoms with Crippen molar-refractivity contribution in [3.8, 4) is 0 Å². The van der Waals surface area contributed by atoms with Gasteiger partial charge in [0.1, 0.15) is 0 Å². The Morgan fingerprint density at radius 3 is 2.40 bits per heavy atom. The van der Waals surface area contributed by atoms with Crippen LogP contribution in [0.25, 0.3) is 0 Å². The third kappa shape index (κ3) is 3.09. The minimum atomic E-state index is 0.427. The van der Waals surface area contributed by atoms with E-state index in [-0.39, 0.29) is 0 Å². The van der Waals surface area contributed by atoms with Crippen LogP contribution in [0.15, 0.2) is 0 Å². The molecule has 2 fully saturated rings. The fraction of sp³-hybridized carbons (Fsp3) is 0.769. The van der Waals surface area contributed by atoms with Gasteiger partial charge in [-0.3, -0.25) is 5.43 Å². The third-order valence-corrected chi connectivity index (χ3v) is 4.17. The van der Waals surface area contributed by atoms with Crippen LogP contribution in [0, 0.1) is 5.92 Å². The van der Waals surface area contributed by atoms with Crippen LogP contribution in [0.5, 0.6) is 0 Å². The highest BCUT2D eigenvalue weighted by atomic mass is 15.4. The Morgan fingerprint density at radius 2 is 1.75 bits per heavy atom. The zero-order chi connectivity index (χ0) is 13.8. The van der Waals surface area contributed by atoms with E-state index in [1.807, 2.05) is 0 Å². The summed E-state index contributed by atoms with van der Waals surface area (Å²) in [6, 6.07) is 0. The molecule has 20 heavy (non-hydrogen) atoms. The molecule has 1 aromatic rings. The van der Waals surface area contributed by atoms with Crippen molar-refractivity contribution in [3.05, 3.63) is 0 Å². The van der Waals surface area contributed by atoms with Gasteiger partial charge in [-0.1, -0.05) is 6.42 Å². The van der Waals surface area contributed by atoms with Crippen molar-refractivity contribution >= 4 is 17.8 Å². The summed E-state index contributed by atoms with van der Waals surface area (Å²) in [5, 5.41) is 3.32. The molecule has 0 aromatic carbocycles. The number of nitrogen functional groups attached to an aromatic ring is 1. The third-order valence-electron chi connectivity index (χ3n) is 4.17. The minimum Gasteiger partial charge on any atom is -0.354 e. The predicted molar refractivity (Wildman–Crippen MR) is 79.5 cm³/mol. The number of hydrazine groups is 1. The molecular weight excluding hydrogens is 254 g/mol. The lowest BCUT2D eigenvalue weighted by Crippen LogP contribution is -2.32. The molecule has 1 saturated carbocycles. The lowest BCUT2D eigenvalue weighted by molar-refractivity contribution is 0.333. The van der Waals surface area contributed by atoms with E-state index in [9.17, 15) is 0 Å². The predicted octanol–water partition coefficient (Wildman–Crippen LogP) is 1.36. The van der Waals surface area contributed by atoms with Gasteiger partial charge in [-0.2, -0.15) is 15.0 Å². The molecule has 2 heterocycles. The summed E-state index contributed by atoms with van der Waals surface area (Å²) in [6.07, 6.45) is 7.64. The Bertz CT molecular complexity index is 440. The monoisotopic (exact) mass is 277 g/mol. The highest BCUT2D eigenvalue weighted by molar-refractivity contribution is 5.43. The molecule has 0 radical (unpaired) electrons. The van der Waals surface area contributed by atoms with E-state index < -0.39 is 0 Å². The summed E-state index contributed by atoms with van der Waals surface area (Å²) in [5.74, 6) is 8.00. The van der Waals surface area contributed by atoms with Gasteiger partial charge in [-0.15, -0.1) is 0 Å². The second-order valence-electron chi connectivity index (χ2n) is 5.65. The van der Waals surface area contributed by atoms with Crippen LogP contribution in [0.4, 0.5) is 17.8 Å². The molecule has 3 rings (SSSR count). The van der Waals surface area contributed by atoms with E-state index in [0.29, 0.717) is 11.9 Å². The van der Waals surface area contributed by atoms with Crippen LogP contribution in [0.2, 0.25) is 0 Å². The number of nitrogens with two attached hydrogens (primary N) is 1. The molecule has 1 aromatic heterocycles. The summed E-state index contributed by atoms with van der Waals surface area (Å²) in [5.41, 5.74) is 2.53. The molecule has 1 aliphatic carbocycles. The van der Waals surface area contributed by atoms with E-state index >= 15 is 0 Å². The van der Waals surface area contributed by atoms with Crippen molar-refractivity contribution in [1.29, 1.82) is 0 Å². The molecule has 0 bridgehead atoms. The number of hydrogen-bond donors (Lipinski definition) is 3. The SMILES string of the molecule is NNc1nc(NCC2CCC2)nc(N2CCCCC2)n1. The Balaban J connectivity index is 1.71. The number of anilines is 3. The van der Waals surface area contributed by atoms with E-state index in [2.05, 4.69) is 30.6 Å². The maximum atomic E-state index is 5.46. The van der Waals surface area contributed by atoms with Crippen molar-refractivity contribution in [2.24, 2.45) is 11.8 Å². The summed E-state index contributed by atoms with van der Waals surface area (Å²) >= 11 is 0. The van der Waals surface area contributed by atoms with Crippen molar-refractivity contribution in [1.82, 2.24) is 15.0 Å². The molecule has 110 valence electrons. The second-order valence-corrected chi connectivity index (χ2v) is 5.65. The topological polar surface area (TPSA) is 92.0 Å². The van der Waals surface area contributed by atoms with Crippen LogP contribution in [-0.2, 0) is 0 Å². The van der Waals surface area contributed by atoms with Gasteiger partial charge in [0.05, 0.1) is 0 Å². The molecule has 0 atom stereocenters. The lowest BCUT2D eigenvalue weighted by Gasteiger charge is -2.28. The fourth-order valence-electron chi connectivity index (χ4n) is 2.68. The normalized spacial score (nSPS) is 19.6. The fourth-order valence-corrected chi connectivity index (χ4v) is 2.68. The van der Waals surface area contributed by atoms with Gasteiger partial charge in [0, 0.05) is 19.6 Å². The Hall–Kier alpha value is -1.63. The first kappa shape index (κ1) is 13.4. The Kier molecular flexibility index (Phi) is 4.15. The van der Waals surface area contributed by atoms with Gasteiger partial charge >= 0.3 is 0 Å². The molecule has 0 unspecified atom stereocenters. The quantitative estimate of drug-likeness (QED) is 0.553. The van der Waals surface area contributed by atoms with Crippen LogP contribution >= 0.6 is 0 Å². The first-order valence-electron chi connectivity index (χ1n) is 7.56. The summed E-state index contributed by atoms with van der Waals surface area (Å²) in [6.45, 7) is 2.96. The number of nitrogens with one attached hydrogen (secondary N) is 2. The van der Waals surface area contributed by atoms with Crippen LogP contribution in [0.1, 0.15) is 38.5 Å². The van der Waals surface area contributed by atoms with Crippen molar-refractivity contribution in [2.45, 2.75) is 38.5 Å². The van der Waals surface area contributed by atoms with Gasteiger partial charge in [0.15, 0.2) is 0 Å². The number of rotatable bonds is 5. The molecule has 7 nitrogen and oxygen atoms in total. The van der Waals surface area contributed by atoms with Gasteiger partial charge in [-0.25, -0.2) is 5.84 Å². The molecule has 2 aliphatic rings. The summed E-state index contributed by atoms with van der Waals surface area (Å²) in [7, 11) is 0. The van der Waals surface area contributed by atoms with E-state index in [1.165, 1.54) is 38.5 Å². The maximum Gasteiger partial charge on any atom is 0.243 e. The minimum absolute atomic E-state index is 0.427. The van der Waals surface area contributed by atoms with Crippen LogP contribution in [0.3, 0.4) is 0 Å². The highest BCUT2D eigenvalue weighted by Crippen LogP contribution is 2.26. The number of aromatic nitrogens is 3. The van der Waals surface area contributed by atoms with Crippen molar-refractivity contribution in [3.63, 3.8) is 0 Å². The molecule has 0 amide bonds. The summed E-state index contributed by atoms with van der Waals surface area (Å²) in [4.78, 5) is 15.4. The van der Waals surface area contributed by atoms with E-state index in [0.717, 1.165) is 31.5 Å². The molecule has 1 aliphatic heterocycles. The maximum absolute atomic E-state index is 5.46. The standard InChI is InChI=1S/C13H23N7/c14-19-12-16-11(15-9-10-5-4-6-10)17-13(18-12)20-7-2-1-3-8-20/h10H,1-9,14H2,(H2,15,16,17,18,19). The van der Waals surface area contributed by atoms with Crippen molar-refractivity contribution < 1.29 is 0 Å².